The lowest BCUT2D eigenvalue weighted by atomic mass is 10.0. The van der Waals surface area contributed by atoms with Gasteiger partial charge in [0.05, 0.1) is 18.3 Å². The highest BCUT2D eigenvalue weighted by atomic mass is 19.1. The number of hydrogen-bond acceptors (Lipinski definition) is 3. The number of rotatable bonds is 3. The molecule has 1 aliphatic rings. The van der Waals surface area contributed by atoms with Crippen LogP contribution in [0.5, 0.6) is 0 Å². The van der Waals surface area contributed by atoms with Crippen LogP contribution in [-0.4, -0.2) is 31.6 Å². The van der Waals surface area contributed by atoms with Gasteiger partial charge in [0.25, 0.3) is 0 Å². The van der Waals surface area contributed by atoms with Gasteiger partial charge < -0.3 is 10.1 Å². The molecule has 1 aromatic carbocycles. The van der Waals surface area contributed by atoms with E-state index in [1.165, 1.54) is 0 Å². The molecule has 0 saturated carbocycles. The van der Waals surface area contributed by atoms with Crippen molar-refractivity contribution in [1.82, 2.24) is 5.32 Å². The Balaban J connectivity index is 2.05. The summed E-state index contributed by atoms with van der Waals surface area (Å²) in [5.41, 5.74) is -0.209. The van der Waals surface area contributed by atoms with Crippen molar-refractivity contribution in [2.24, 2.45) is 0 Å². The fourth-order valence-electron chi connectivity index (χ4n) is 1.78. The smallest absolute Gasteiger partial charge is 0.168 e. The zero-order chi connectivity index (χ0) is 12.3. The Morgan fingerprint density at radius 2 is 2.29 bits per heavy atom. The van der Waals surface area contributed by atoms with E-state index in [0.717, 1.165) is 24.7 Å². The van der Waals surface area contributed by atoms with E-state index in [1.54, 1.807) is 0 Å². The van der Waals surface area contributed by atoms with Crippen LogP contribution in [0.3, 0.4) is 0 Å². The molecule has 0 aliphatic carbocycles. The average Bonchev–Trinajstić information content (AvgIpc) is 2.33. The van der Waals surface area contributed by atoms with E-state index in [0.29, 0.717) is 13.2 Å². The first-order valence-electron chi connectivity index (χ1n) is 5.47. The van der Waals surface area contributed by atoms with Crippen molar-refractivity contribution >= 4 is 5.78 Å². The minimum absolute atomic E-state index is 0.0629. The molecule has 1 N–H and O–H groups in total. The van der Waals surface area contributed by atoms with Crippen LogP contribution in [0, 0.1) is 11.6 Å². The SMILES string of the molecule is O=C(CC1CNCCO1)c1cc(F)ccc1F. The molecule has 5 heteroatoms. The van der Waals surface area contributed by atoms with Gasteiger partial charge in [-0.05, 0) is 18.2 Å². The van der Waals surface area contributed by atoms with Gasteiger partial charge in [0, 0.05) is 19.5 Å². The highest BCUT2D eigenvalue weighted by Crippen LogP contribution is 2.14. The molecule has 1 unspecified atom stereocenters. The highest BCUT2D eigenvalue weighted by molar-refractivity contribution is 5.96. The number of ether oxygens (including phenoxy) is 1. The lowest BCUT2D eigenvalue weighted by Crippen LogP contribution is -2.39. The van der Waals surface area contributed by atoms with Crippen LogP contribution in [0.1, 0.15) is 16.8 Å². The molecule has 1 aromatic rings. The van der Waals surface area contributed by atoms with Gasteiger partial charge in [-0.1, -0.05) is 0 Å². The maximum Gasteiger partial charge on any atom is 0.168 e. The first-order valence-corrected chi connectivity index (χ1v) is 5.47. The summed E-state index contributed by atoms with van der Waals surface area (Å²) in [4.78, 5) is 11.8. The Labute approximate surface area is 97.8 Å². The van der Waals surface area contributed by atoms with Crippen LogP contribution >= 0.6 is 0 Å². The van der Waals surface area contributed by atoms with Gasteiger partial charge in [-0.15, -0.1) is 0 Å². The highest BCUT2D eigenvalue weighted by Gasteiger charge is 2.20. The van der Waals surface area contributed by atoms with E-state index in [-0.39, 0.29) is 18.1 Å². The molecule has 1 heterocycles. The molecule has 1 aliphatic heterocycles. The van der Waals surface area contributed by atoms with Crippen LogP contribution in [0.25, 0.3) is 0 Å². The van der Waals surface area contributed by atoms with E-state index in [2.05, 4.69) is 5.32 Å². The number of nitrogens with one attached hydrogen (secondary N) is 1. The Morgan fingerprint density at radius 3 is 3.00 bits per heavy atom. The zero-order valence-corrected chi connectivity index (χ0v) is 9.21. The molecule has 92 valence electrons. The second-order valence-electron chi connectivity index (χ2n) is 3.95. The zero-order valence-electron chi connectivity index (χ0n) is 9.21. The second-order valence-corrected chi connectivity index (χ2v) is 3.95. The van der Waals surface area contributed by atoms with Crippen LogP contribution < -0.4 is 5.32 Å². The molecule has 0 radical (unpaired) electrons. The van der Waals surface area contributed by atoms with E-state index in [9.17, 15) is 13.6 Å². The summed E-state index contributed by atoms with van der Waals surface area (Å²) in [6.07, 6.45) is -0.202. The molecule has 17 heavy (non-hydrogen) atoms. The summed E-state index contributed by atoms with van der Waals surface area (Å²) < 4.78 is 31.6. The topological polar surface area (TPSA) is 38.3 Å². The number of hydrogen-bond donors (Lipinski definition) is 1. The van der Waals surface area contributed by atoms with E-state index >= 15 is 0 Å². The van der Waals surface area contributed by atoms with Crippen molar-refractivity contribution in [3.8, 4) is 0 Å². The summed E-state index contributed by atoms with van der Waals surface area (Å²) >= 11 is 0. The number of halogens is 2. The first-order chi connectivity index (χ1) is 8.16. The molecule has 1 atom stereocenters. The van der Waals surface area contributed by atoms with Crippen LogP contribution in [0.15, 0.2) is 18.2 Å². The molecule has 0 amide bonds. The van der Waals surface area contributed by atoms with Crippen LogP contribution in [-0.2, 0) is 4.74 Å². The standard InChI is InChI=1S/C12H13F2NO2/c13-8-1-2-11(14)10(5-8)12(16)6-9-7-15-3-4-17-9/h1-2,5,9,15H,3-4,6-7H2. The minimum atomic E-state index is -0.694. The van der Waals surface area contributed by atoms with Gasteiger partial charge in [0.1, 0.15) is 11.6 Å². The van der Waals surface area contributed by atoms with Crippen molar-refractivity contribution in [3.05, 3.63) is 35.4 Å². The Kier molecular flexibility index (Phi) is 3.81. The van der Waals surface area contributed by atoms with Crippen molar-refractivity contribution in [2.45, 2.75) is 12.5 Å². The Hall–Kier alpha value is -1.33. The summed E-state index contributed by atoms with van der Waals surface area (Å²) in [5.74, 6) is -1.74. The van der Waals surface area contributed by atoms with Crippen LogP contribution in [0.4, 0.5) is 8.78 Å². The fraction of sp³-hybridized carbons (Fsp3) is 0.417. The van der Waals surface area contributed by atoms with E-state index in [4.69, 9.17) is 4.74 Å². The Bertz CT molecular complexity index is 417. The molecule has 1 saturated heterocycles. The van der Waals surface area contributed by atoms with Gasteiger partial charge in [-0.2, -0.15) is 0 Å². The summed E-state index contributed by atoms with van der Waals surface area (Å²) in [5, 5.41) is 3.07. The van der Waals surface area contributed by atoms with Gasteiger partial charge in [-0.25, -0.2) is 8.78 Å². The van der Waals surface area contributed by atoms with Crippen molar-refractivity contribution in [1.29, 1.82) is 0 Å². The number of carbonyl (C=O) groups is 1. The number of benzene rings is 1. The lowest BCUT2D eigenvalue weighted by molar-refractivity contribution is 0.0239. The monoisotopic (exact) mass is 241 g/mol. The summed E-state index contributed by atoms with van der Waals surface area (Å²) in [6.45, 7) is 1.84. The third-order valence-corrected chi connectivity index (χ3v) is 2.65. The van der Waals surface area contributed by atoms with Crippen molar-refractivity contribution < 1.29 is 18.3 Å². The summed E-state index contributed by atoms with van der Waals surface area (Å²) in [7, 11) is 0. The molecule has 0 bridgehead atoms. The third kappa shape index (κ3) is 3.08. The number of ketones is 1. The van der Waals surface area contributed by atoms with Crippen molar-refractivity contribution in [2.75, 3.05) is 19.7 Å². The van der Waals surface area contributed by atoms with Gasteiger partial charge in [-0.3, -0.25) is 4.79 Å². The lowest BCUT2D eigenvalue weighted by Gasteiger charge is -2.22. The number of Topliss-reactive ketones (excluding diaryl/α,β-unsaturated/α-hetero) is 1. The second kappa shape index (κ2) is 5.33. The summed E-state index contributed by atoms with van der Waals surface area (Å²) in [6, 6.07) is 2.88. The molecule has 0 spiro atoms. The number of carbonyl (C=O) groups excluding carboxylic acids is 1. The molecule has 0 aromatic heterocycles. The van der Waals surface area contributed by atoms with E-state index in [1.807, 2.05) is 0 Å². The first kappa shape index (κ1) is 12.1. The molecule has 3 nitrogen and oxygen atoms in total. The fourth-order valence-corrected chi connectivity index (χ4v) is 1.78. The maximum absolute atomic E-state index is 13.3. The normalized spacial score (nSPS) is 20.2. The average molecular weight is 241 g/mol. The van der Waals surface area contributed by atoms with E-state index < -0.39 is 17.4 Å². The molecule has 2 rings (SSSR count). The molecular weight excluding hydrogens is 228 g/mol. The van der Waals surface area contributed by atoms with Crippen molar-refractivity contribution in [3.63, 3.8) is 0 Å². The Morgan fingerprint density at radius 1 is 1.47 bits per heavy atom. The predicted octanol–water partition coefficient (Wildman–Crippen LogP) is 1.53. The largest absolute Gasteiger partial charge is 0.375 e. The predicted molar refractivity (Wildman–Crippen MR) is 57.9 cm³/mol. The third-order valence-electron chi connectivity index (χ3n) is 2.65. The van der Waals surface area contributed by atoms with Gasteiger partial charge in [0.15, 0.2) is 5.78 Å². The molecule has 1 fully saturated rings. The minimum Gasteiger partial charge on any atom is -0.375 e. The van der Waals surface area contributed by atoms with Gasteiger partial charge in [0.2, 0.25) is 0 Å². The quantitative estimate of drug-likeness (QED) is 0.815. The maximum atomic E-state index is 13.3. The van der Waals surface area contributed by atoms with Crippen LogP contribution in [0.2, 0.25) is 0 Å². The molecular formula is C12H13F2NO2. The van der Waals surface area contributed by atoms with Gasteiger partial charge >= 0.3 is 0 Å². The number of morpholine rings is 1.